The van der Waals surface area contributed by atoms with Crippen molar-refractivity contribution in [1.29, 1.82) is 0 Å². The van der Waals surface area contributed by atoms with E-state index in [0.29, 0.717) is 6.54 Å². The second-order valence-electron chi connectivity index (χ2n) is 5.46. The van der Waals surface area contributed by atoms with Gasteiger partial charge in [-0.25, -0.2) is 4.79 Å². The molecule has 2 N–H and O–H groups in total. The number of aromatic amines is 1. The number of ether oxygens (including phenoxy) is 1. The Bertz CT molecular complexity index is 826. The maximum Gasteiger partial charge on any atom is 0.327 e. The number of nitrogens with zero attached hydrogens (tertiary/aromatic N) is 1. The average molecular weight is 309 g/mol. The van der Waals surface area contributed by atoms with Gasteiger partial charge >= 0.3 is 5.97 Å². The predicted octanol–water partition coefficient (Wildman–Crippen LogP) is 2.88. The van der Waals surface area contributed by atoms with Gasteiger partial charge in [0.05, 0.1) is 13.3 Å². The molecule has 0 saturated carbocycles. The lowest BCUT2D eigenvalue weighted by molar-refractivity contribution is -0.143. The zero-order valence-electron chi connectivity index (χ0n) is 13.2. The lowest BCUT2D eigenvalue weighted by Gasteiger charge is -2.17. The number of aryl methyl sites for hydroxylation is 1. The standard InChI is InChI=1S/C18H19N3O2/c1-12-16(11-20-21-12)10-19-17(18(22)23-2)15-8-7-13-5-3-4-6-14(13)9-15/h3-9,11,17,19H,10H2,1-2H3,(H,20,21). The van der Waals surface area contributed by atoms with Crippen molar-refractivity contribution in [3.8, 4) is 0 Å². The fourth-order valence-electron chi connectivity index (χ4n) is 2.61. The minimum Gasteiger partial charge on any atom is -0.468 e. The van der Waals surface area contributed by atoms with Crippen molar-refractivity contribution in [2.45, 2.75) is 19.5 Å². The smallest absolute Gasteiger partial charge is 0.327 e. The van der Waals surface area contributed by atoms with Crippen LogP contribution < -0.4 is 5.32 Å². The number of esters is 1. The van der Waals surface area contributed by atoms with Crippen LogP contribution in [-0.4, -0.2) is 23.3 Å². The van der Waals surface area contributed by atoms with Gasteiger partial charge in [-0.15, -0.1) is 0 Å². The lowest BCUT2D eigenvalue weighted by Crippen LogP contribution is -2.29. The molecule has 0 aliphatic heterocycles. The van der Waals surface area contributed by atoms with Gasteiger partial charge in [-0.2, -0.15) is 5.10 Å². The van der Waals surface area contributed by atoms with Crippen molar-refractivity contribution in [2.24, 2.45) is 0 Å². The van der Waals surface area contributed by atoms with E-state index >= 15 is 0 Å². The number of hydrogen-bond donors (Lipinski definition) is 2. The molecule has 0 bridgehead atoms. The van der Waals surface area contributed by atoms with E-state index in [1.807, 2.05) is 43.3 Å². The second kappa shape index (κ2) is 6.62. The van der Waals surface area contributed by atoms with Crippen molar-refractivity contribution < 1.29 is 9.53 Å². The van der Waals surface area contributed by atoms with E-state index in [9.17, 15) is 4.79 Å². The van der Waals surface area contributed by atoms with Crippen LogP contribution in [0.4, 0.5) is 0 Å². The number of carbonyl (C=O) groups excluding carboxylic acids is 1. The van der Waals surface area contributed by atoms with E-state index in [2.05, 4.69) is 21.6 Å². The molecule has 1 heterocycles. The first-order chi connectivity index (χ1) is 11.2. The molecular formula is C18H19N3O2. The molecule has 1 aromatic heterocycles. The van der Waals surface area contributed by atoms with Crippen LogP contribution >= 0.6 is 0 Å². The molecule has 0 amide bonds. The number of nitrogens with one attached hydrogen (secondary N) is 2. The monoisotopic (exact) mass is 309 g/mol. The zero-order valence-corrected chi connectivity index (χ0v) is 13.2. The van der Waals surface area contributed by atoms with Gasteiger partial charge in [-0.1, -0.05) is 36.4 Å². The van der Waals surface area contributed by atoms with Gasteiger partial charge in [0.2, 0.25) is 0 Å². The summed E-state index contributed by atoms with van der Waals surface area (Å²) in [5.74, 6) is -0.304. The molecule has 0 spiro atoms. The summed E-state index contributed by atoms with van der Waals surface area (Å²) < 4.78 is 4.95. The van der Waals surface area contributed by atoms with Gasteiger partial charge < -0.3 is 4.74 Å². The molecule has 3 aromatic rings. The Kier molecular flexibility index (Phi) is 4.39. The summed E-state index contributed by atoms with van der Waals surface area (Å²) in [4.78, 5) is 12.2. The van der Waals surface area contributed by atoms with Gasteiger partial charge in [0.25, 0.3) is 0 Å². The number of fused-ring (bicyclic) bond motifs is 1. The van der Waals surface area contributed by atoms with Gasteiger partial charge in [-0.3, -0.25) is 10.4 Å². The minimum atomic E-state index is -0.515. The SMILES string of the molecule is COC(=O)C(NCc1cn[nH]c1C)c1ccc2ccccc2c1. The highest BCUT2D eigenvalue weighted by atomic mass is 16.5. The minimum absolute atomic E-state index is 0.304. The molecule has 2 aromatic carbocycles. The number of benzene rings is 2. The number of aromatic nitrogens is 2. The van der Waals surface area contributed by atoms with E-state index in [0.717, 1.165) is 27.6 Å². The summed E-state index contributed by atoms with van der Waals surface area (Å²) in [6.07, 6.45) is 1.76. The topological polar surface area (TPSA) is 67.0 Å². The van der Waals surface area contributed by atoms with Crippen LogP contribution in [-0.2, 0) is 16.1 Å². The van der Waals surface area contributed by atoms with Crippen LogP contribution in [0, 0.1) is 6.92 Å². The van der Waals surface area contributed by atoms with Crippen molar-refractivity contribution >= 4 is 16.7 Å². The van der Waals surface area contributed by atoms with Gasteiger partial charge in [0.1, 0.15) is 6.04 Å². The zero-order chi connectivity index (χ0) is 16.2. The highest BCUT2D eigenvalue weighted by molar-refractivity contribution is 5.85. The summed E-state index contributed by atoms with van der Waals surface area (Å²) in [6, 6.07) is 13.6. The molecule has 1 unspecified atom stereocenters. The fraction of sp³-hybridized carbons (Fsp3) is 0.222. The maximum absolute atomic E-state index is 12.2. The summed E-state index contributed by atoms with van der Waals surface area (Å²) >= 11 is 0. The number of hydrogen-bond acceptors (Lipinski definition) is 4. The van der Waals surface area contributed by atoms with Crippen LogP contribution in [0.25, 0.3) is 10.8 Å². The highest BCUT2D eigenvalue weighted by Crippen LogP contribution is 2.22. The Morgan fingerprint density at radius 1 is 1.26 bits per heavy atom. The normalized spacial score (nSPS) is 12.3. The summed E-state index contributed by atoms with van der Waals surface area (Å²) in [5.41, 5.74) is 2.90. The number of rotatable bonds is 5. The first-order valence-electron chi connectivity index (χ1n) is 7.48. The van der Waals surface area contributed by atoms with Gasteiger partial charge in [0.15, 0.2) is 0 Å². The van der Waals surface area contributed by atoms with Crippen LogP contribution in [0.5, 0.6) is 0 Å². The quantitative estimate of drug-likeness (QED) is 0.711. The molecule has 0 fully saturated rings. The average Bonchev–Trinajstić information content (AvgIpc) is 2.99. The predicted molar refractivity (Wildman–Crippen MR) is 88.9 cm³/mol. The third-order valence-electron chi connectivity index (χ3n) is 3.97. The molecule has 0 aliphatic rings. The maximum atomic E-state index is 12.2. The van der Waals surface area contributed by atoms with E-state index in [1.165, 1.54) is 7.11 Å². The Morgan fingerprint density at radius 2 is 2.04 bits per heavy atom. The molecule has 3 rings (SSSR count). The Morgan fingerprint density at radius 3 is 2.74 bits per heavy atom. The van der Waals surface area contributed by atoms with E-state index in [1.54, 1.807) is 6.20 Å². The third kappa shape index (κ3) is 3.24. The van der Waals surface area contributed by atoms with Gasteiger partial charge in [0, 0.05) is 17.8 Å². The van der Waals surface area contributed by atoms with Crippen molar-refractivity contribution in [3.05, 3.63) is 65.5 Å². The molecule has 0 saturated heterocycles. The number of carbonyl (C=O) groups is 1. The third-order valence-corrected chi connectivity index (χ3v) is 3.97. The molecule has 23 heavy (non-hydrogen) atoms. The molecule has 1 atom stereocenters. The molecule has 5 heteroatoms. The molecule has 5 nitrogen and oxygen atoms in total. The van der Waals surface area contributed by atoms with Crippen LogP contribution in [0.2, 0.25) is 0 Å². The Labute approximate surface area is 134 Å². The van der Waals surface area contributed by atoms with E-state index in [-0.39, 0.29) is 5.97 Å². The van der Waals surface area contributed by atoms with Crippen LogP contribution in [0.1, 0.15) is 22.9 Å². The summed E-state index contributed by atoms with van der Waals surface area (Å²) in [7, 11) is 1.40. The summed E-state index contributed by atoms with van der Waals surface area (Å²) in [5, 5.41) is 12.4. The van der Waals surface area contributed by atoms with E-state index < -0.39 is 6.04 Å². The molecule has 0 radical (unpaired) electrons. The Balaban J connectivity index is 1.88. The largest absolute Gasteiger partial charge is 0.468 e. The molecule has 0 aliphatic carbocycles. The fourth-order valence-corrected chi connectivity index (χ4v) is 2.61. The first-order valence-corrected chi connectivity index (χ1v) is 7.48. The number of methoxy groups -OCH3 is 1. The van der Waals surface area contributed by atoms with Gasteiger partial charge in [-0.05, 0) is 29.3 Å². The van der Waals surface area contributed by atoms with Crippen molar-refractivity contribution in [3.63, 3.8) is 0 Å². The summed E-state index contributed by atoms with van der Waals surface area (Å²) in [6.45, 7) is 2.49. The Hall–Kier alpha value is -2.66. The van der Waals surface area contributed by atoms with Crippen molar-refractivity contribution in [2.75, 3.05) is 7.11 Å². The first kappa shape index (κ1) is 15.2. The molecule has 118 valence electrons. The van der Waals surface area contributed by atoms with E-state index in [4.69, 9.17) is 4.74 Å². The van der Waals surface area contributed by atoms with Crippen LogP contribution in [0.3, 0.4) is 0 Å². The van der Waals surface area contributed by atoms with Crippen LogP contribution in [0.15, 0.2) is 48.7 Å². The highest BCUT2D eigenvalue weighted by Gasteiger charge is 2.21. The van der Waals surface area contributed by atoms with Crippen molar-refractivity contribution in [1.82, 2.24) is 15.5 Å². The molecular weight excluding hydrogens is 290 g/mol. The lowest BCUT2D eigenvalue weighted by atomic mass is 10.0. The number of H-pyrrole nitrogens is 1. The second-order valence-corrected chi connectivity index (χ2v) is 5.46.